The van der Waals surface area contributed by atoms with E-state index in [1.165, 1.54) is 0 Å². The van der Waals surface area contributed by atoms with Gasteiger partial charge in [-0.1, -0.05) is 12.8 Å². The minimum Gasteiger partial charge on any atom is -0.392 e. The highest BCUT2D eigenvalue weighted by atomic mass is 19.4. The molecule has 16 heavy (non-hydrogen) atoms. The van der Waals surface area contributed by atoms with Gasteiger partial charge in [0.1, 0.15) is 0 Å². The molecule has 0 aliphatic heterocycles. The highest BCUT2D eigenvalue weighted by Gasteiger charge is 2.28. The summed E-state index contributed by atoms with van der Waals surface area (Å²) in [7, 11) is 1.63. The summed E-state index contributed by atoms with van der Waals surface area (Å²) in [6.45, 7) is 0.314. The summed E-state index contributed by atoms with van der Waals surface area (Å²) in [4.78, 5) is 1.57. The fraction of sp³-hybridized carbons (Fsp3) is 1.00. The number of likely N-dealkylation sites (N-methyl/N-ethyl adjacent to an activating group) is 1. The van der Waals surface area contributed by atoms with Crippen molar-refractivity contribution >= 4 is 0 Å². The van der Waals surface area contributed by atoms with Crippen molar-refractivity contribution in [2.45, 2.75) is 44.4 Å². The van der Waals surface area contributed by atoms with Crippen molar-refractivity contribution in [3.05, 3.63) is 0 Å². The summed E-state index contributed by atoms with van der Waals surface area (Å²) in [5.41, 5.74) is 0. The molecule has 1 N–H and O–H groups in total. The first-order valence-electron chi connectivity index (χ1n) is 5.82. The van der Waals surface area contributed by atoms with Crippen LogP contribution in [0.25, 0.3) is 0 Å². The second-order valence-electron chi connectivity index (χ2n) is 4.74. The van der Waals surface area contributed by atoms with Crippen LogP contribution >= 0.6 is 0 Å². The van der Waals surface area contributed by atoms with Crippen molar-refractivity contribution < 1.29 is 18.3 Å². The van der Waals surface area contributed by atoms with Crippen LogP contribution in [0.3, 0.4) is 0 Å². The Morgan fingerprint density at radius 2 is 1.88 bits per heavy atom. The molecule has 0 aromatic rings. The molecule has 5 heteroatoms. The predicted molar refractivity (Wildman–Crippen MR) is 56.1 cm³/mol. The van der Waals surface area contributed by atoms with Crippen molar-refractivity contribution in [1.82, 2.24) is 4.90 Å². The first-order chi connectivity index (χ1) is 7.38. The van der Waals surface area contributed by atoms with Crippen molar-refractivity contribution in [1.29, 1.82) is 0 Å². The molecule has 0 aromatic heterocycles. The molecule has 0 amide bonds. The van der Waals surface area contributed by atoms with Gasteiger partial charge < -0.3 is 10.0 Å². The summed E-state index contributed by atoms with van der Waals surface area (Å²) < 4.78 is 35.9. The van der Waals surface area contributed by atoms with Crippen LogP contribution in [0.2, 0.25) is 0 Å². The molecule has 0 spiro atoms. The molecule has 1 aliphatic carbocycles. The van der Waals surface area contributed by atoms with E-state index in [1.807, 2.05) is 0 Å². The Kier molecular flexibility index (Phi) is 5.05. The average molecular weight is 239 g/mol. The van der Waals surface area contributed by atoms with E-state index in [-0.39, 0.29) is 12.5 Å². The Morgan fingerprint density at radius 3 is 2.38 bits per heavy atom. The summed E-state index contributed by atoms with van der Waals surface area (Å²) in [6.07, 6.45) is -1.10. The molecule has 2 nitrogen and oxygen atoms in total. The van der Waals surface area contributed by atoms with E-state index in [2.05, 4.69) is 0 Å². The summed E-state index contributed by atoms with van der Waals surface area (Å²) in [5.74, 6) is 0.285. The number of halogens is 3. The van der Waals surface area contributed by atoms with Crippen LogP contribution < -0.4 is 0 Å². The molecule has 0 saturated heterocycles. The number of aliphatic hydroxyl groups excluding tert-OH is 1. The predicted octanol–water partition coefficient (Wildman–Crippen LogP) is 2.42. The number of hydrogen-bond acceptors (Lipinski definition) is 2. The molecule has 1 fully saturated rings. The first-order valence-corrected chi connectivity index (χ1v) is 5.82. The smallest absolute Gasteiger partial charge is 0.390 e. The fourth-order valence-corrected chi connectivity index (χ4v) is 2.22. The van der Waals surface area contributed by atoms with Gasteiger partial charge in [0.15, 0.2) is 0 Å². The quantitative estimate of drug-likeness (QED) is 0.796. The Labute approximate surface area is 94.4 Å². The van der Waals surface area contributed by atoms with E-state index < -0.39 is 18.7 Å². The maximum Gasteiger partial charge on any atom is 0.390 e. The Bertz CT molecular complexity index is 202. The molecule has 1 aliphatic rings. The number of rotatable bonds is 5. The van der Waals surface area contributed by atoms with Gasteiger partial charge in [-0.15, -0.1) is 0 Å². The van der Waals surface area contributed by atoms with Crippen molar-refractivity contribution in [3.8, 4) is 0 Å². The third-order valence-electron chi connectivity index (χ3n) is 3.22. The lowest BCUT2D eigenvalue weighted by atomic mass is 10.0. The molecule has 1 rings (SSSR count). The molecule has 0 radical (unpaired) electrons. The summed E-state index contributed by atoms with van der Waals surface area (Å²) in [5, 5.41) is 9.83. The standard InChI is InChI=1S/C11H20F3NO/c1-15(7-6-11(12,13)14)8-10(16)9-4-2-3-5-9/h9-10,16H,2-8H2,1H3. The van der Waals surface area contributed by atoms with Crippen LogP contribution in [-0.4, -0.2) is 42.4 Å². The molecule has 1 atom stereocenters. The van der Waals surface area contributed by atoms with Crippen LogP contribution in [0.4, 0.5) is 13.2 Å². The highest BCUT2D eigenvalue weighted by Crippen LogP contribution is 2.28. The SMILES string of the molecule is CN(CCC(F)(F)F)CC(O)C1CCCC1. The molecule has 96 valence electrons. The molecule has 1 unspecified atom stereocenters. The van der Waals surface area contributed by atoms with Crippen LogP contribution in [-0.2, 0) is 0 Å². The molecule has 0 heterocycles. The highest BCUT2D eigenvalue weighted by molar-refractivity contribution is 4.76. The van der Waals surface area contributed by atoms with Gasteiger partial charge in [-0.25, -0.2) is 0 Å². The zero-order valence-electron chi connectivity index (χ0n) is 9.63. The average Bonchev–Trinajstić information content (AvgIpc) is 2.66. The second-order valence-corrected chi connectivity index (χ2v) is 4.74. The summed E-state index contributed by atoms with van der Waals surface area (Å²) in [6, 6.07) is 0. The zero-order chi connectivity index (χ0) is 12.2. The van der Waals surface area contributed by atoms with Crippen LogP contribution in [0, 0.1) is 5.92 Å². The summed E-state index contributed by atoms with van der Waals surface area (Å²) >= 11 is 0. The van der Waals surface area contributed by atoms with Crippen molar-refractivity contribution in [3.63, 3.8) is 0 Å². The van der Waals surface area contributed by atoms with E-state index in [1.54, 1.807) is 11.9 Å². The van der Waals surface area contributed by atoms with Crippen molar-refractivity contribution in [2.75, 3.05) is 20.1 Å². The third kappa shape index (κ3) is 5.16. The monoisotopic (exact) mass is 239 g/mol. The maximum atomic E-state index is 12.0. The molecular formula is C11H20F3NO. The Balaban J connectivity index is 2.19. The topological polar surface area (TPSA) is 23.5 Å². The van der Waals surface area contributed by atoms with Crippen LogP contribution in [0.15, 0.2) is 0 Å². The lowest BCUT2D eigenvalue weighted by Gasteiger charge is -2.24. The van der Waals surface area contributed by atoms with Gasteiger partial charge in [0.25, 0.3) is 0 Å². The fourth-order valence-electron chi connectivity index (χ4n) is 2.22. The number of alkyl halides is 3. The minimum atomic E-state index is -4.10. The normalized spacial score (nSPS) is 20.6. The van der Waals surface area contributed by atoms with Gasteiger partial charge in [-0.2, -0.15) is 13.2 Å². The maximum absolute atomic E-state index is 12.0. The van der Waals surface area contributed by atoms with Crippen LogP contribution in [0.5, 0.6) is 0 Å². The van der Waals surface area contributed by atoms with Gasteiger partial charge in [-0.3, -0.25) is 0 Å². The lowest BCUT2D eigenvalue weighted by molar-refractivity contribution is -0.138. The second kappa shape index (κ2) is 5.87. The van der Waals surface area contributed by atoms with E-state index in [4.69, 9.17) is 0 Å². The molecule has 0 bridgehead atoms. The third-order valence-corrected chi connectivity index (χ3v) is 3.22. The molecule has 1 saturated carbocycles. The van der Waals surface area contributed by atoms with Gasteiger partial charge in [0.2, 0.25) is 0 Å². The van der Waals surface area contributed by atoms with Gasteiger partial charge in [-0.05, 0) is 25.8 Å². The van der Waals surface area contributed by atoms with Gasteiger partial charge in [0, 0.05) is 13.1 Å². The van der Waals surface area contributed by atoms with E-state index >= 15 is 0 Å². The van der Waals surface area contributed by atoms with Gasteiger partial charge in [0.05, 0.1) is 12.5 Å². The Morgan fingerprint density at radius 1 is 1.31 bits per heavy atom. The van der Waals surface area contributed by atoms with Crippen molar-refractivity contribution in [2.24, 2.45) is 5.92 Å². The van der Waals surface area contributed by atoms with Crippen LogP contribution in [0.1, 0.15) is 32.1 Å². The van der Waals surface area contributed by atoms with E-state index in [0.29, 0.717) is 6.54 Å². The minimum absolute atomic E-state index is 0.0344. The molecular weight excluding hydrogens is 219 g/mol. The lowest BCUT2D eigenvalue weighted by Crippen LogP contribution is -2.35. The van der Waals surface area contributed by atoms with E-state index in [0.717, 1.165) is 25.7 Å². The van der Waals surface area contributed by atoms with Gasteiger partial charge >= 0.3 is 6.18 Å². The van der Waals surface area contributed by atoms with E-state index in [9.17, 15) is 18.3 Å². The zero-order valence-corrected chi connectivity index (χ0v) is 9.63. The first kappa shape index (κ1) is 13.8. The number of nitrogens with zero attached hydrogens (tertiary/aromatic N) is 1. The Hall–Kier alpha value is -0.290. The molecule has 0 aromatic carbocycles. The number of hydrogen-bond donors (Lipinski definition) is 1. The largest absolute Gasteiger partial charge is 0.392 e. The number of aliphatic hydroxyl groups is 1.